The largest absolute Gasteiger partial charge is 0.363 e. The molecule has 0 radical (unpaired) electrons. The van der Waals surface area contributed by atoms with E-state index in [1.165, 1.54) is 0 Å². The molecule has 13 heavy (non-hydrogen) atoms. The number of amides is 1. The van der Waals surface area contributed by atoms with Crippen molar-refractivity contribution in [2.45, 2.75) is 6.92 Å². The molecule has 2 aromatic heterocycles. The van der Waals surface area contributed by atoms with Crippen molar-refractivity contribution in [3.63, 3.8) is 0 Å². The first kappa shape index (κ1) is 7.72. The number of nitrogens with two attached hydrogens (primary N) is 1. The fourth-order valence-electron chi connectivity index (χ4n) is 1.21. The fourth-order valence-corrected chi connectivity index (χ4v) is 1.21. The Morgan fingerprint density at radius 1 is 1.54 bits per heavy atom. The number of nitrogens with zero attached hydrogens (tertiary/aromatic N) is 2. The molecule has 1 amide bonds. The number of carbonyl (C=O) groups is 1. The van der Waals surface area contributed by atoms with Crippen molar-refractivity contribution in [3.05, 3.63) is 23.8 Å². The lowest BCUT2D eigenvalue weighted by Crippen LogP contribution is -2.15. The minimum Gasteiger partial charge on any atom is -0.363 e. The molecule has 66 valence electrons. The summed E-state index contributed by atoms with van der Waals surface area (Å²) in [6.45, 7) is 1.80. The number of hydrogen-bond donors (Lipinski definition) is 2. The van der Waals surface area contributed by atoms with Gasteiger partial charge >= 0.3 is 0 Å². The number of aromatic amines is 1. The number of aromatic nitrogens is 3. The monoisotopic (exact) mass is 176 g/mol. The zero-order valence-electron chi connectivity index (χ0n) is 7.03. The molecule has 0 aliphatic heterocycles. The molecule has 0 atom stereocenters. The second-order valence-electron chi connectivity index (χ2n) is 2.73. The number of rotatable bonds is 1. The minimum atomic E-state index is -0.605. The molecule has 5 heteroatoms. The molecule has 0 bridgehead atoms. The van der Waals surface area contributed by atoms with E-state index in [2.05, 4.69) is 15.0 Å². The van der Waals surface area contributed by atoms with Gasteiger partial charge in [-0.2, -0.15) is 0 Å². The third-order valence-corrected chi connectivity index (χ3v) is 1.81. The number of nitrogens with one attached hydrogen (secondary N) is 1. The highest BCUT2D eigenvalue weighted by Crippen LogP contribution is 2.12. The molecule has 0 aromatic carbocycles. The van der Waals surface area contributed by atoms with Crippen molar-refractivity contribution >= 4 is 16.9 Å². The van der Waals surface area contributed by atoms with Crippen LogP contribution in [0.5, 0.6) is 0 Å². The van der Waals surface area contributed by atoms with Gasteiger partial charge in [-0.15, -0.1) is 0 Å². The third kappa shape index (κ3) is 1.14. The van der Waals surface area contributed by atoms with Gasteiger partial charge in [-0.1, -0.05) is 0 Å². The summed E-state index contributed by atoms with van der Waals surface area (Å²) in [4.78, 5) is 21.7. The van der Waals surface area contributed by atoms with Gasteiger partial charge in [0.1, 0.15) is 0 Å². The molecule has 0 unspecified atom stereocenters. The molecule has 2 heterocycles. The maximum Gasteiger partial charge on any atom is 0.286 e. The van der Waals surface area contributed by atoms with Gasteiger partial charge in [0.2, 0.25) is 5.82 Å². The molecule has 0 fully saturated rings. The van der Waals surface area contributed by atoms with E-state index in [9.17, 15) is 4.79 Å². The molecular formula is C8H8N4O. The van der Waals surface area contributed by atoms with Gasteiger partial charge in [0.15, 0.2) is 0 Å². The molecule has 2 rings (SSSR count). The van der Waals surface area contributed by atoms with E-state index in [0.717, 1.165) is 11.2 Å². The lowest BCUT2D eigenvalue weighted by molar-refractivity contribution is 0.0990. The molecule has 2 aromatic rings. The maximum atomic E-state index is 10.8. The van der Waals surface area contributed by atoms with Crippen molar-refractivity contribution in [1.29, 1.82) is 0 Å². The number of aryl methyl sites for hydroxylation is 1. The summed E-state index contributed by atoms with van der Waals surface area (Å²) in [6.07, 6.45) is 1.75. The van der Waals surface area contributed by atoms with E-state index in [-0.39, 0.29) is 5.82 Å². The first-order chi connectivity index (χ1) is 6.18. The van der Waals surface area contributed by atoms with Gasteiger partial charge in [0, 0.05) is 6.20 Å². The molecular weight excluding hydrogens is 168 g/mol. The molecule has 0 saturated carbocycles. The van der Waals surface area contributed by atoms with E-state index in [1.54, 1.807) is 19.2 Å². The Bertz CT molecular complexity index is 474. The average molecular weight is 176 g/mol. The van der Waals surface area contributed by atoms with Gasteiger partial charge in [-0.3, -0.25) is 4.79 Å². The maximum absolute atomic E-state index is 10.8. The van der Waals surface area contributed by atoms with Crippen LogP contribution < -0.4 is 5.73 Å². The number of fused-ring (bicyclic) bond motifs is 1. The van der Waals surface area contributed by atoms with Crippen LogP contribution in [-0.2, 0) is 0 Å². The summed E-state index contributed by atoms with van der Waals surface area (Å²) >= 11 is 0. The van der Waals surface area contributed by atoms with Crippen molar-refractivity contribution in [3.8, 4) is 0 Å². The Labute approximate surface area is 74.0 Å². The summed E-state index contributed by atoms with van der Waals surface area (Å²) in [5.74, 6) is -0.546. The van der Waals surface area contributed by atoms with E-state index in [0.29, 0.717) is 5.52 Å². The summed E-state index contributed by atoms with van der Waals surface area (Å²) in [5, 5.41) is 0. The predicted molar refractivity (Wildman–Crippen MR) is 47.1 cm³/mol. The smallest absolute Gasteiger partial charge is 0.286 e. The molecule has 5 nitrogen and oxygen atoms in total. The summed E-state index contributed by atoms with van der Waals surface area (Å²) in [5.41, 5.74) is 7.34. The number of carbonyl (C=O) groups excluding carboxylic acids is 1. The van der Waals surface area contributed by atoms with E-state index < -0.39 is 5.91 Å². The Morgan fingerprint density at radius 2 is 2.31 bits per heavy atom. The lowest BCUT2D eigenvalue weighted by Gasteiger charge is -1.97. The Hall–Kier alpha value is -1.91. The van der Waals surface area contributed by atoms with Crippen LogP contribution in [0.4, 0.5) is 0 Å². The van der Waals surface area contributed by atoms with Crippen molar-refractivity contribution in [2.75, 3.05) is 0 Å². The number of H-pyrrole nitrogens is 1. The summed E-state index contributed by atoms with van der Waals surface area (Å²) in [6, 6.07) is 1.77. The summed E-state index contributed by atoms with van der Waals surface area (Å²) < 4.78 is 0. The highest BCUT2D eigenvalue weighted by atomic mass is 16.1. The zero-order chi connectivity index (χ0) is 9.42. The van der Waals surface area contributed by atoms with Crippen molar-refractivity contribution in [1.82, 2.24) is 15.0 Å². The highest BCUT2D eigenvalue weighted by Gasteiger charge is 2.08. The van der Waals surface area contributed by atoms with Crippen LogP contribution >= 0.6 is 0 Å². The quantitative estimate of drug-likeness (QED) is 0.658. The Morgan fingerprint density at radius 3 is 3.00 bits per heavy atom. The van der Waals surface area contributed by atoms with Gasteiger partial charge in [0.25, 0.3) is 5.91 Å². The van der Waals surface area contributed by atoms with E-state index >= 15 is 0 Å². The number of primary amides is 1. The molecule has 0 aliphatic rings. The first-order valence-electron chi connectivity index (χ1n) is 3.80. The van der Waals surface area contributed by atoms with Crippen molar-refractivity contribution < 1.29 is 4.79 Å². The SMILES string of the molecule is Cc1nc(C(N)=O)nc2cc[nH]c12. The van der Waals surface area contributed by atoms with E-state index in [4.69, 9.17) is 5.73 Å². The predicted octanol–water partition coefficient (Wildman–Crippen LogP) is 0.365. The molecule has 3 N–H and O–H groups in total. The fraction of sp³-hybridized carbons (Fsp3) is 0.125. The van der Waals surface area contributed by atoms with E-state index in [1.807, 2.05) is 0 Å². The van der Waals surface area contributed by atoms with Crippen LogP contribution in [-0.4, -0.2) is 20.9 Å². The second-order valence-corrected chi connectivity index (χ2v) is 2.73. The minimum absolute atomic E-state index is 0.0598. The van der Waals surface area contributed by atoms with Crippen molar-refractivity contribution in [2.24, 2.45) is 5.73 Å². The topological polar surface area (TPSA) is 84.7 Å². The average Bonchev–Trinajstić information content (AvgIpc) is 2.51. The number of hydrogen-bond acceptors (Lipinski definition) is 3. The van der Waals surface area contributed by atoms with Crippen LogP contribution in [0.1, 0.15) is 16.3 Å². The van der Waals surface area contributed by atoms with Gasteiger partial charge in [-0.05, 0) is 13.0 Å². The Balaban J connectivity index is 2.77. The molecule has 0 spiro atoms. The molecule has 0 saturated heterocycles. The third-order valence-electron chi connectivity index (χ3n) is 1.81. The van der Waals surface area contributed by atoms with Gasteiger partial charge < -0.3 is 10.7 Å². The Kier molecular flexibility index (Phi) is 1.51. The van der Waals surface area contributed by atoms with Crippen LogP contribution in [0.15, 0.2) is 12.3 Å². The normalized spacial score (nSPS) is 10.5. The lowest BCUT2D eigenvalue weighted by atomic mass is 10.3. The van der Waals surface area contributed by atoms with Crippen LogP contribution in [0.25, 0.3) is 11.0 Å². The van der Waals surface area contributed by atoms with Crippen LogP contribution in [0.2, 0.25) is 0 Å². The highest BCUT2D eigenvalue weighted by molar-refractivity contribution is 5.91. The standard InChI is InChI=1S/C8H8N4O/c1-4-6-5(2-3-10-6)12-8(11-4)7(9)13/h2-3,10H,1H3,(H2,9,13). The van der Waals surface area contributed by atoms with Gasteiger partial charge in [-0.25, -0.2) is 9.97 Å². The van der Waals surface area contributed by atoms with Crippen LogP contribution in [0.3, 0.4) is 0 Å². The zero-order valence-corrected chi connectivity index (χ0v) is 7.03. The second kappa shape index (κ2) is 2.55. The first-order valence-corrected chi connectivity index (χ1v) is 3.80. The van der Waals surface area contributed by atoms with Gasteiger partial charge in [0.05, 0.1) is 16.7 Å². The van der Waals surface area contributed by atoms with Crippen LogP contribution in [0, 0.1) is 6.92 Å². The molecule has 0 aliphatic carbocycles. The summed E-state index contributed by atoms with van der Waals surface area (Å²) in [7, 11) is 0.